The van der Waals surface area contributed by atoms with Crippen molar-refractivity contribution in [1.29, 1.82) is 0 Å². The second kappa shape index (κ2) is 8.12. The third kappa shape index (κ3) is 4.37. The Morgan fingerprint density at radius 3 is 2.60 bits per heavy atom. The smallest absolute Gasteiger partial charge is 0.231 e. The van der Waals surface area contributed by atoms with Crippen LogP contribution >= 0.6 is 0 Å². The first kappa shape index (κ1) is 17.4. The number of morpholine rings is 1. The quantitative estimate of drug-likeness (QED) is 0.899. The minimum Gasteiger partial charge on any atom is -0.378 e. The summed E-state index contributed by atoms with van der Waals surface area (Å²) >= 11 is 0. The standard InChI is InChI=1S/C20H23FN2O2/c1-2-19(15-6-8-16(21)9-7-15)20(24)22-17-4-3-5-18(14-17)23-10-12-25-13-11-23/h3-9,14,19H,2,10-13H2,1H3,(H,22,24). The van der Waals surface area contributed by atoms with Crippen molar-refractivity contribution in [3.05, 3.63) is 59.9 Å². The average Bonchev–Trinajstić information content (AvgIpc) is 2.65. The SMILES string of the molecule is CCC(C(=O)Nc1cccc(N2CCOCC2)c1)c1ccc(F)cc1. The minimum absolute atomic E-state index is 0.0757. The second-order valence-corrected chi connectivity index (χ2v) is 6.15. The van der Waals surface area contributed by atoms with Crippen LogP contribution in [0, 0.1) is 5.82 Å². The Morgan fingerprint density at radius 2 is 1.92 bits per heavy atom. The molecule has 1 amide bonds. The molecule has 2 aromatic carbocycles. The Labute approximate surface area is 147 Å². The van der Waals surface area contributed by atoms with Gasteiger partial charge < -0.3 is 15.0 Å². The number of rotatable bonds is 5. The maximum Gasteiger partial charge on any atom is 0.231 e. The van der Waals surface area contributed by atoms with Crippen LogP contribution in [0.4, 0.5) is 15.8 Å². The number of nitrogens with zero attached hydrogens (tertiary/aromatic N) is 1. The fourth-order valence-electron chi connectivity index (χ4n) is 3.10. The highest BCUT2D eigenvalue weighted by Gasteiger charge is 2.19. The van der Waals surface area contributed by atoms with E-state index in [4.69, 9.17) is 4.74 Å². The highest BCUT2D eigenvalue weighted by molar-refractivity contribution is 5.96. The molecule has 0 spiro atoms. The summed E-state index contributed by atoms with van der Waals surface area (Å²) < 4.78 is 18.5. The Balaban J connectivity index is 1.72. The Hall–Kier alpha value is -2.40. The zero-order valence-electron chi connectivity index (χ0n) is 14.4. The summed E-state index contributed by atoms with van der Waals surface area (Å²) in [5.41, 5.74) is 2.68. The van der Waals surface area contributed by atoms with Crippen LogP contribution < -0.4 is 10.2 Å². The monoisotopic (exact) mass is 342 g/mol. The topological polar surface area (TPSA) is 41.6 Å². The van der Waals surface area contributed by atoms with E-state index in [1.807, 2.05) is 31.2 Å². The maximum atomic E-state index is 13.1. The summed E-state index contributed by atoms with van der Waals surface area (Å²) in [6.45, 7) is 5.10. The molecule has 1 N–H and O–H groups in total. The number of benzene rings is 2. The molecule has 1 aliphatic rings. The number of anilines is 2. The highest BCUT2D eigenvalue weighted by atomic mass is 19.1. The lowest BCUT2D eigenvalue weighted by atomic mass is 9.95. The van der Waals surface area contributed by atoms with Gasteiger partial charge in [0.15, 0.2) is 0 Å². The fourth-order valence-corrected chi connectivity index (χ4v) is 3.10. The molecule has 132 valence electrons. The summed E-state index contributed by atoms with van der Waals surface area (Å²) in [4.78, 5) is 14.9. The van der Waals surface area contributed by atoms with Crippen molar-refractivity contribution in [3.8, 4) is 0 Å². The van der Waals surface area contributed by atoms with Gasteiger partial charge in [0.1, 0.15) is 5.82 Å². The van der Waals surface area contributed by atoms with Crippen molar-refractivity contribution in [2.75, 3.05) is 36.5 Å². The van der Waals surface area contributed by atoms with Gasteiger partial charge in [0.25, 0.3) is 0 Å². The van der Waals surface area contributed by atoms with Crippen LogP contribution in [0.5, 0.6) is 0 Å². The van der Waals surface area contributed by atoms with E-state index in [1.54, 1.807) is 12.1 Å². The van der Waals surface area contributed by atoms with Crippen molar-refractivity contribution < 1.29 is 13.9 Å². The molecule has 0 saturated carbocycles. The summed E-state index contributed by atoms with van der Waals surface area (Å²) in [6, 6.07) is 14.0. The van der Waals surface area contributed by atoms with Crippen LogP contribution in [-0.2, 0) is 9.53 Å². The minimum atomic E-state index is -0.298. The lowest BCUT2D eigenvalue weighted by Gasteiger charge is -2.29. The molecule has 1 saturated heterocycles. The van der Waals surface area contributed by atoms with Gasteiger partial charge in [0.05, 0.1) is 19.1 Å². The number of ether oxygens (including phenoxy) is 1. The molecule has 1 fully saturated rings. The largest absolute Gasteiger partial charge is 0.378 e. The van der Waals surface area contributed by atoms with Crippen molar-refractivity contribution in [2.45, 2.75) is 19.3 Å². The van der Waals surface area contributed by atoms with Crippen molar-refractivity contribution in [3.63, 3.8) is 0 Å². The molecule has 0 aliphatic carbocycles. The molecule has 4 nitrogen and oxygen atoms in total. The first-order valence-electron chi connectivity index (χ1n) is 8.66. The number of carbonyl (C=O) groups excluding carboxylic acids is 1. The van der Waals surface area contributed by atoms with E-state index in [2.05, 4.69) is 10.2 Å². The number of halogens is 1. The lowest BCUT2D eigenvalue weighted by molar-refractivity contribution is -0.117. The van der Waals surface area contributed by atoms with E-state index in [1.165, 1.54) is 12.1 Å². The van der Waals surface area contributed by atoms with Gasteiger partial charge in [0, 0.05) is 24.5 Å². The van der Waals surface area contributed by atoms with Gasteiger partial charge in [-0.3, -0.25) is 4.79 Å². The first-order chi connectivity index (χ1) is 12.2. The number of carbonyl (C=O) groups is 1. The molecule has 5 heteroatoms. The molecule has 25 heavy (non-hydrogen) atoms. The van der Waals surface area contributed by atoms with Gasteiger partial charge in [-0.25, -0.2) is 4.39 Å². The van der Waals surface area contributed by atoms with Crippen LogP contribution in [0.2, 0.25) is 0 Å². The Bertz CT molecular complexity index is 712. The second-order valence-electron chi connectivity index (χ2n) is 6.15. The van der Waals surface area contributed by atoms with Crippen LogP contribution in [0.3, 0.4) is 0 Å². The summed E-state index contributed by atoms with van der Waals surface area (Å²) in [5.74, 6) is -0.668. The summed E-state index contributed by atoms with van der Waals surface area (Å²) in [7, 11) is 0. The Morgan fingerprint density at radius 1 is 1.20 bits per heavy atom. The van der Waals surface area contributed by atoms with Gasteiger partial charge >= 0.3 is 0 Å². The first-order valence-corrected chi connectivity index (χ1v) is 8.66. The average molecular weight is 342 g/mol. The summed E-state index contributed by atoms with van der Waals surface area (Å²) in [5, 5.41) is 2.99. The van der Waals surface area contributed by atoms with Crippen LogP contribution in [0.25, 0.3) is 0 Å². The molecule has 1 atom stereocenters. The van der Waals surface area contributed by atoms with Gasteiger partial charge in [-0.1, -0.05) is 25.1 Å². The van der Waals surface area contributed by atoms with Crippen molar-refractivity contribution in [1.82, 2.24) is 0 Å². The fraction of sp³-hybridized carbons (Fsp3) is 0.350. The molecule has 1 heterocycles. The molecule has 2 aromatic rings. The van der Waals surface area contributed by atoms with Crippen LogP contribution in [0.15, 0.2) is 48.5 Å². The summed E-state index contributed by atoms with van der Waals surface area (Å²) in [6.07, 6.45) is 0.653. The lowest BCUT2D eigenvalue weighted by Crippen LogP contribution is -2.36. The zero-order valence-corrected chi connectivity index (χ0v) is 14.4. The van der Waals surface area contributed by atoms with E-state index >= 15 is 0 Å². The number of amides is 1. The zero-order chi connectivity index (χ0) is 17.6. The highest BCUT2D eigenvalue weighted by Crippen LogP contribution is 2.24. The van der Waals surface area contributed by atoms with E-state index in [0.29, 0.717) is 6.42 Å². The maximum absolute atomic E-state index is 13.1. The van der Waals surface area contributed by atoms with Crippen LogP contribution in [0.1, 0.15) is 24.8 Å². The molecule has 0 radical (unpaired) electrons. The van der Waals surface area contributed by atoms with E-state index in [9.17, 15) is 9.18 Å². The van der Waals surface area contributed by atoms with Gasteiger partial charge in [-0.05, 0) is 42.3 Å². The van der Waals surface area contributed by atoms with E-state index in [0.717, 1.165) is 43.2 Å². The molecular weight excluding hydrogens is 319 g/mol. The third-order valence-corrected chi connectivity index (χ3v) is 4.49. The molecular formula is C20H23FN2O2. The van der Waals surface area contributed by atoms with Crippen molar-refractivity contribution in [2.24, 2.45) is 0 Å². The van der Waals surface area contributed by atoms with Gasteiger partial charge in [-0.2, -0.15) is 0 Å². The molecule has 1 unspecified atom stereocenters. The predicted molar refractivity (Wildman–Crippen MR) is 97.5 cm³/mol. The molecule has 1 aliphatic heterocycles. The third-order valence-electron chi connectivity index (χ3n) is 4.49. The number of hydrogen-bond donors (Lipinski definition) is 1. The predicted octanol–water partition coefficient (Wildman–Crippen LogP) is 3.79. The number of hydrogen-bond acceptors (Lipinski definition) is 3. The van der Waals surface area contributed by atoms with Gasteiger partial charge in [0.2, 0.25) is 5.91 Å². The molecule has 0 bridgehead atoms. The van der Waals surface area contributed by atoms with E-state index in [-0.39, 0.29) is 17.6 Å². The molecule has 0 aromatic heterocycles. The van der Waals surface area contributed by atoms with Crippen molar-refractivity contribution >= 4 is 17.3 Å². The molecule has 3 rings (SSSR count). The van der Waals surface area contributed by atoms with E-state index < -0.39 is 0 Å². The number of nitrogens with one attached hydrogen (secondary N) is 1. The van der Waals surface area contributed by atoms with Crippen LogP contribution in [-0.4, -0.2) is 32.2 Å². The van der Waals surface area contributed by atoms with Gasteiger partial charge in [-0.15, -0.1) is 0 Å². The Kier molecular flexibility index (Phi) is 5.66. The normalized spacial score (nSPS) is 15.7.